The van der Waals surface area contributed by atoms with Gasteiger partial charge in [0.05, 0.1) is 11.4 Å². The van der Waals surface area contributed by atoms with Gasteiger partial charge in [0.25, 0.3) is 0 Å². The molecule has 0 saturated carbocycles. The highest BCUT2D eigenvalue weighted by molar-refractivity contribution is 8.00. The maximum atomic E-state index is 12.1. The molecule has 5 heteroatoms. The Labute approximate surface area is 146 Å². The van der Waals surface area contributed by atoms with E-state index in [4.69, 9.17) is 0 Å². The molecule has 2 amide bonds. The summed E-state index contributed by atoms with van der Waals surface area (Å²) in [4.78, 5) is 13.2. The van der Waals surface area contributed by atoms with E-state index in [-0.39, 0.29) is 6.03 Å². The molecule has 0 bridgehead atoms. The first-order valence-corrected chi connectivity index (χ1v) is 8.14. The first-order valence-electron chi connectivity index (χ1n) is 7.33. The van der Waals surface area contributed by atoms with Gasteiger partial charge >= 0.3 is 6.03 Å². The fourth-order valence-electron chi connectivity index (χ4n) is 1.86. The van der Waals surface area contributed by atoms with Gasteiger partial charge in [0.1, 0.15) is 0 Å². The van der Waals surface area contributed by atoms with Gasteiger partial charge in [-0.2, -0.15) is 0 Å². The van der Waals surface area contributed by atoms with E-state index in [2.05, 4.69) is 28.5 Å². The van der Waals surface area contributed by atoms with Crippen molar-refractivity contribution >= 4 is 29.4 Å². The number of carbonyl (C=O) groups is 1. The number of allylic oxidation sites excluding steroid dienone is 3. The van der Waals surface area contributed by atoms with Gasteiger partial charge in [-0.05, 0) is 48.4 Å². The van der Waals surface area contributed by atoms with E-state index in [1.165, 1.54) is 11.9 Å². The minimum atomic E-state index is -0.345. The monoisotopic (exact) mass is 337 g/mol. The topological polar surface area (TPSA) is 53.2 Å². The molecule has 0 radical (unpaired) electrons. The molecule has 2 rings (SSSR count). The second-order valence-electron chi connectivity index (χ2n) is 4.70. The number of urea groups is 1. The van der Waals surface area contributed by atoms with Gasteiger partial charge in [-0.15, -0.1) is 0 Å². The summed E-state index contributed by atoms with van der Waals surface area (Å²) >= 11 is 1.48. The normalized spacial score (nSPS) is 10.6. The largest absolute Gasteiger partial charge is 0.324 e. The third-order valence-electron chi connectivity index (χ3n) is 2.97. The molecular weight excluding hydrogens is 318 g/mol. The highest BCUT2D eigenvalue weighted by Crippen LogP contribution is 2.27. The Morgan fingerprint density at radius 1 is 0.958 bits per heavy atom. The van der Waals surface area contributed by atoms with Crippen LogP contribution >= 0.6 is 11.9 Å². The molecular formula is C19H19N3OS. The van der Waals surface area contributed by atoms with Crippen molar-refractivity contribution in [1.82, 2.24) is 5.32 Å². The van der Waals surface area contributed by atoms with Crippen molar-refractivity contribution in [3.8, 4) is 0 Å². The minimum Gasteiger partial charge on any atom is -0.324 e. The van der Waals surface area contributed by atoms with E-state index in [1.807, 2.05) is 54.6 Å². The van der Waals surface area contributed by atoms with Crippen LogP contribution in [0.2, 0.25) is 0 Å². The summed E-state index contributed by atoms with van der Waals surface area (Å²) in [5, 5.41) is 5.53. The maximum Gasteiger partial charge on any atom is 0.323 e. The molecule has 0 aliphatic heterocycles. The standard InChI is InChI=1S/C19H19N3OS/c1-3-10-15(4-2)20-19(23)21-17-13-8-9-14-18(17)22-24-16-11-6-5-7-12-16/h3-14,22H,1-2H2,(H2,20,21,23)/b15-10+. The molecule has 2 aromatic carbocycles. The average Bonchev–Trinajstić information content (AvgIpc) is 2.61. The lowest BCUT2D eigenvalue weighted by atomic mass is 10.3. The molecule has 0 unspecified atom stereocenters. The van der Waals surface area contributed by atoms with Gasteiger partial charge in [-0.3, -0.25) is 0 Å². The first kappa shape index (κ1) is 17.4. The number of amides is 2. The third kappa shape index (κ3) is 5.37. The zero-order valence-electron chi connectivity index (χ0n) is 13.2. The summed E-state index contributed by atoms with van der Waals surface area (Å²) in [5.74, 6) is 0. The molecule has 0 heterocycles. The molecule has 24 heavy (non-hydrogen) atoms. The summed E-state index contributed by atoms with van der Waals surface area (Å²) in [7, 11) is 0. The fourth-order valence-corrected chi connectivity index (χ4v) is 2.55. The summed E-state index contributed by atoms with van der Waals surface area (Å²) in [6.07, 6.45) is 4.81. The van der Waals surface area contributed by atoms with Crippen LogP contribution in [0.1, 0.15) is 0 Å². The molecule has 0 aromatic heterocycles. The predicted octanol–water partition coefficient (Wildman–Crippen LogP) is 5.18. The summed E-state index contributed by atoms with van der Waals surface area (Å²) in [6, 6.07) is 17.1. The Balaban J connectivity index is 2.03. The lowest BCUT2D eigenvalue weighted by molar-refractivity contribution is 0.254. The fraction of sp³-hybridized carbons (Fsp3) is 0. The van der Waals surface area contributed by atoms with Gasteiger partial charge in [0, 0.05) is 10.6 Å². The number of hydrogen-bond acceptors (Lipinski definition) is 3. The molecule has 122 valence electrons. The molecule has 3 N–H and O–H groups in total. The predicted molar refractivity (Wildman–Crippen MR) is 103 cm³/mol. The van der Waals surface area contributed by atoms with Gasteiger partial charge in [0.15, 0.2) is 0 Å². The third-order valence-corrected chi connectivity index (χ3v) is 3.80. The second-order valence-corrected chi connectivity index (χ2v) is 5.58. The van der Waals surface area contributed by atoms with Crippen LogP contribution in [0.15, 0.2) is 96.6 Å². The molecule has 0 atom stereocenters. The number of carbonyl (C=O) groups excluding carboxylic acids is 1. The van der Waals surface area contributed by atoms with Crippen LogP contribution in [0.4, 0.5) is 16.2 Å². The maximum absolute atomic E-state index is 12.1. The molecule has 0 fully saturated rings. The number of rotatable bonds is 7. The highest BCUT2D eigenvalue weighted by atomic mass is 32.2. The van der Waals surface area contributed by atoms with Crippen molar-refractivity contribution in [3.05, 3.63) is 91.7 Å². The van der Waals surface area contributed by atoms with Crippen molar-refractivity contribution in [2.75, 3.05) is 10.0 Å². The van der Waals surface area contributed by atoms with E-state index in [0.29, 0.717) is 11.4 Å². The van der Waals surface area contributed by atoms with Crippen LogP contribution in [-0.4, -0.2) is 6.03 Å². The van der Waals surface area contributed by atoms with Gasteiger partial charge in [0.2, 0.25) is 0 Å². The quantitative estimate of drug-likeness (QED) is 0.482. The van der Waals surface area contributed by atoms with Crippen molar-refractivity contribution in [3.63, 3.8) is 0 Å². The van der Waals surface area contributed by atoms with E-state index in [9.17, 15) is 4.79 Å². The van der Waals surface area contributed by atoms with Gasteiger partial charge in [-0.1, -0.05) is 49.6 Å². The SMILES string of the molecule is C=C/C=C(\C=C)NC(=O)Nc1ccccc1NSc1ccccc1. The minimum absolute atomic E-state index is 0.345. The average molecular weight is 337 g/mol. The highest BCUT2D eigenvalue weighted by Gasteiger charge is 2.07. The van der Waals surface area contributed by atoms with Crippen LogP contribution < -0.4 is 15.4 Å². The Morgan fingerprint density at radius 3 is 2.29 bits per heavy atom. The second kappa shape index (κ2) is 9.27. The van der Waals surface area contributed by atoms with Crippen molar-refractivity contribution in [2.45, 2.75) is 4.90 Å². The number of para-hydroxylation sites is 2. The van der Waals surface area contributed by atoms with E-state index in [0.717, 1.165) is 10.6 Å². The van der Waals surface area contributed by atoms with Crippen molar-refractivity contribution in [1.29, 1.82) is 0 Å². The van der Waals surface area contributed by atoms with Crippen LogP contribution in [0.3, 0.4) is 0 Å². The molecule has 2 aromatic rings. The number of anilines is 2. The number of benzene rings is 2. The smallest absolute Gasteiger partial charge is 0.323 e. The Hall–Kier alpha value is -2.92. The molecule has 0 aliphatic carbocycles. The van der Waals surface area contributed by atoms with Gasteiger partial charge < -0.3 is 15.4 Å². The number of nitrogens with one attached hydrogen (secondary N) is 3. The first-order chi connectivity index (χ1) is 11.7. The molecule has 0 saturated heterocycles. The number of hydrogen-bond donors (Lipinski definition) is 3. The molecule has 0 spiro atoms. The Morgan fingerprint density at radius 2 is 1.62 bits per heavy atom. The summed E-state index contributed by atoms with van der Waals surface area (Å²) in [6.45, 7) is 7.24. The summed E-state index contributed by atoms with van der Waals surface area (Å²) in [5.41, 5.74) is 2.07. The summed E-state index contributed by atoms with van der Waals surface area (Å²) < 4.78 is 3.25. The van der Waals surface area contributed by atoms with E-state index >= 15 is 0 Å². The molecule has 4 nitrogen and oxygen atoms in total. The lowest BCUT2D eigenvalue weighted by Gasteiger charge is -2.13. The Kier molecular flexibility index (Phi) is 6.73. The van der Waals surface area contributed by atoms with Gasteiger partial charge in [-0.25, -0.2) is 4.79 Å². The van der Waals surface area contributed by atoms with Crippen LogP contribution in [-0.2, 0) is 0 Å². The van der Waals surface area contributed by atoms with E-state index in [1.54, 1.807) is 18.2 Å². The van der Waals surface area contributed by atoms with Crippen LogP contribution in [0.25, 0.3) is 0 Å². The zero-order valence-corrected chi connectivity index (χ0v) is 14.0. The lowest BCUT2D eigenvalue weighted by Crippen LogP contribution is -2.27. The van der Waals surface area contributed by atoms with Crippen molar-refractivity contribution in [2.24, 2.45) is 0 Å². The van der Waals surface area contributed by atoms with E-state index < -0.39 is 0 Å². The van der Waals surface area contributed by atoms with Crippen LogP contribution in [0, 0.1) is 0 Å². The van der Waals surface area contributed by atoms with Crippen molar-refractivity contribution < 1.29 is 4.79 Å². The zero-order chi connectivity index (χ0) is 17.2. The molecule has 0 aliphatic rings. The van der Waals surface area contributed by atoms with Crippen LogP contribution in [0.5, 0.6) is 0 Å². The Bertz CT molecular complexity index is 741.